The summed E-state index contributed by atoms with van der Waals surface area (Å²) < 4.78 is 57.3. The van der Waals surface area contributed by atoms with Crippen LogP contribution in [0.15, 0.2) is 18.3 Å². The minimum Gasteiger partial charge on any atom is -0.431 e. The first kappa shape index (κ1) is 24.3. The number of aromatic nitrogens is 3. The van der Waals surface area contributed by atoms with E-state index in [0.717, 1.165) is 25.9 Å². The summed E-state index contributed by atoms with van der Waals surface area (Å²) in [4.78, 5) is 8.34. The molecule has 2 aromatic heterocycles. The molecule has 2 aromatic rings. The zero-order chi connectivity index (χ0) is 24.9. The minimum absolute atomic E-state index is 0.0876. The maximum absolute atomic E-state index is 12.7. The zero-order valence-electron chi connectivity index (χ0n) is 20.0. The number of nitrogens with zero attached hydrogens (tertiary/aromatic N) is 5. The molecule has 4 atom stereocenters. The Morgan fingerprint density at radius 3 is 2.34 bits per heavy atom. The van der Waals surface area contributed by atoms with Crippen molar-refractivity contribution in [3.63, 3.8) is 0 Å². The van der Waals surface area contributed by atoms with Crippen LogP contribution in [0.3, 0.4) is 0 Å². The summed E-state index contributed by atoms with van der Waals surface area (Å²) in [5.41, 5.74) is 8.10. The van der Waals surface area contributed by atoms with Crippen molar-refractivity contribution in [3.8, 4) is 17.0 Å². The van der Waals surface area contributed by atoms with Gasteiger partial charge in [0.2, 0.25) is 0 Å². The van der Waals surface area contributed by atoms with Crippen molar-refractivity contribution in [2.75, 3.05) is 38.5 Å². The highest BCUT2D eigenvalue weighted by atomic mass is 19.3. The molecule has 3 aliphatic rings. The van der Waals surface area contributed by atoms with E-state index >= 15 is 0 Å². The van der Waals surface area contributed by atoms with Gasteiger partial charge in [0, 0.05) is 61.6 Å². The molecule has 0 amide bonds. The molecule has 0 aromatic carbocycles. The quantitative estimate of drug-likeness (QED) is 0.556. The second kappa shape index (κ2) is 9.57. The second-order valence-electron chi connectivity index (χ2n) is 10.2. The van der Waals surface area contributed by atoms with Crippen molar-refractivity contribution < 1.29 is 22.3 Å². The number of piperazine rings is 1. The highest BCUT2D eigenvalue weighted by Crippen LogP contribution is 2.64. The smallest absolute Gasteiger partial charge is 0.387 e. The normalized spacial score (nSPS) is 27.2. The monoisotopic (exact) mass is 496 g/mol. The predicted octanol–water partition coefficient (Wildman–Crippen LogP) is 4.08. The van der Waals surface area contributed by atoms with Crippen molar-refractivity contribution in [1.82, 2.24) is 24.6 Å². The van der Waals surface area contributed by atoms with Gasteiger partial charge in [0.05, 0.1) is 12.2 Å². The molecular weight excluding hydrogens is 464 g/mol. The summed E-state index contributed by atoms with van der Waals surface area (Å²) in [5, 5.41) is 4.77. The lowest BCUT2D eigenvalue weighted by Gasteiger charge is -2.38. The van der Waals surface area contributed by atoms with E-state index < -0.39 is 13.0 Å². The van der Waals surface area contributed by atoms with Crippen LogP contribution in [0.4, 0.5) is 23.4 Å². The number of hydrogen-bond donors (Lipinski definition) is 1. The molecule has 35 heavy (non-hydrogen) atoms. The van der Waals surface area contributed by atoms with Gasteiger partial charge in [0.1, 0.15) is 0 Å². The number of rotatable bonds is 8. The Morgan fingerprint density at radius 2 is 1.74 bits per heavy atom. The first-order valence-electron chi connectivity index (χ1n) is 12.3. The number of anilines is 1. The highest BCUT2D eigenvalue weighted by Gasteiger charge is 2.58. The highest BCUT2D eigenvalue weighted by molar-refractivity contribution is 5.64. The number of alkyl halides is 4. The fourth-order valence-electron chi connectivity index (χ4n) is 6.05. The van der Waals surface area contributed by atoms with Crippen molar-refractivity contribution in [2.45, 2.75) is 57.7 Å². The summed E-state index contributed by atoms with van der Waals surface area (Å²) in [6.07, 6.45) is 1.48. The molecule has 0 bridgehead atoms. The fourth-order valence-corrected chi connectivity index (χ4v) is 6.05. The van der Waals surface area contributed by atoms with Crippen LogP contribution in [0.1, 0.15) is 44.3 Å². The second-order valence-corrected chi connectivity index (χ2v) is 10.2. The lowest BCUT2D eigenvalue weighted by molar-refractivity contribution is -0.0494. The molecule has 7 nitrogen and oxygen atoms in total. The number of fused-ring (bicyclic) bond motifs is 1. The summed E-state index contributed by atoms with van der Waals surface area (Å²) in [7, 11) is 0. The Balaban J connectivity index is 1.26. The van der Waals surface area contributed by atoms with E-state index in [4.69, 9.17) is 10.8 Å². The number of pyridine rings is 1. The molecule has 3 heterocycles. The Kier molecular flexibility index (Phi) is 6.65. The Hall–Kier alpha value is -2.40. The first-order chi connectivity index (χ1) is 16.7. The van der Waals surface area contributed by atoms with E-state index in [0.29, 0.717) is 48.1 Å². The van der Waals surface area contributed by atoms with Crippen molar-refractivity contribution in [2.24, 2.45) is 11.8 Å². The average molecular weight is 497 g/mol. The lowest BCUT2D eigenvalue weighted by Crippen LogP contribution is -2.51. The number of nitrogens with two attached hydrogens (primary N) is 1. The van der Waals surface area contributed by atoms with Crippen LogP contribution in [0.2, 0.25) is 0 Å². The van der Waals surface area contributed by atoms with Gasteiger partial charge in [0.15, 0.2) is 11.6 Å². The van der Waals surface area contributed by atoms with Crippen LogP contribution < -0.4 is 10.5 Å². The maximum atomic E-state index is 12.7. The van der Waals surface area contributed by atoms with Gasteiger partial charge in [-0.05, 0) is 50.7 Å². The number of nitrogen functional groups attached to an aromatic ring is 1. The molecule has 2 aliphatic carbocycles. The molecule has 5 rings (SSSR count). The lowest BCUT2D eigenvalue weighted by atomic mass is 10.0. The summed E-state index contributed by atoms with van der Waals surface area (Å²) in [5.74, 6) is 1.36. The number of halogens is 4. The maximum Gasteiger partial charge on any atom is 0.387 e. The third kappa shape index (κ3) is 4.97. The van der Waals surface area contributed by atoms with Gasteiger partial charge in [-0.25, -0.2) is 13.8 Å². The summed E-state index contributed by atoms with van der Waals surface area (Å²) in [6.45, 7) is 4.15. The molecule has 192 valence electrons. The van der Waals surface area contributed by atoms with Crippen LogP contribution in [0.25, 0.3) is 11.3 Å². The van der Waals surface area contributed by atoms with Crippen molar-refractivity contribution in [3.05, 3.63) is 24.0 Å². The van der Waals surface area contributed by atoms with Crippen LogP contribution in [-0.2, 0) is 0 Å². The largest absolute Gasteiger partial charge is 0.431 e. The Labute approximate surface area is 202 Å². The molecule has 0 spiro atoms. The molecule has 11 heteroatoms. The number of hydrogen-bond acceptors (Lipinski definition) is 6. The average Bonchev–Trinajstić information content (AvgIpc) is 3.14. The van der Waals surface area contributed by atoms with E-state index in [1.54, 1.807) is 0 Å². The number of ether oxygens (including phenoxy) is 1. The van der Waals surface area contributed by atoms with Crippen LogP contribution in [-0.4, -0.2) is 76.4 Å². The molecule has 0 radical (unpaired) electrons. The van der Waals surface area contributed by atoms with E-state index in [1.807, 2.05) is 15.6 Å². The molecule has 3 fully saturated rings. The van der Waals surface area contributed by atoms with E-state index in [2.05, 4.69) is 28.5 Å². The standard InChI is InChI=1S/C24H32F4N6O/c1-13(2)34-19(10-18(31-34)14-7-20(35-24(27)28)23(29)30-11-14)22-16-8-15(9-17(16)22)33-5-3-32(4-6-33)12-21(25)26/h7,10-11,13,15-17,21-22,24H,3-6,8-9,12H2,1-2H3,(H2,29,30)/t15?,16-,17+,22+. The molecule has 1 saturated heterocycles. The predicted molar refractivity (Wildman–Crippen MR) is 124 cm³/mol. The first-order valence-corrected chi connectivity index (χ1v) is 12.3. The molecule has 1 unspecified atom stereocenters. The molecular formula is C24H32F4N6O. The minimum atomic E-state index is -2.98. The third-order valence-electron chi connectivity index (χ3n) is 7.73. The van der Waals surface area contributed by atoms with Gasteiger partial charge < -0.3 is 10.5 Å². The fraction of sp³-hybridized carbons (Fsp3) is 0.667. The van der Waals surface area contributed by atoms with Gasteiger partial charge >= 0.3 is 6.61 Å². The van der Waals surface area contributed by atoms with Gasteiger partial charge in [-0.15, -0.1) is 0 Å². The summed E-state index contributed by atoms with van der Waals surface area (Å²) in [6, 6.07) is 4.17. The molecule has 2 N–H and O–H groups in total. The third-order valence-corrected chi connectivity index (χ3v) is 7.73. The van der Waals surface area contributed by atoms with Crippen LogP contribution >= 0.6 is 0 Å². The van der Waals surface area contributed by atoms with E-state index in [9.17, 15) is 17.6 Å². The van der Waals surface area contributed by atoms with Gasteiger partial charge in [0.25, 0.3) is 6.43 Å². The zero-order valence-corrected chi connectivity index (χ0v) is 20.0. The van der Waals surface area contributed by atoms with Gasteiger partial charge in [-0.3, -0.25) is 14.5 Å². The Morgan fingerprint density at radius 1 is 1.06 bits per heavy atom. The van der Waals surface area contributed by atoms with Gasteiger partial charge in [-0.1, -0.05) is 0 Å². The Bertz CT molecular complexity index is 1030. The van der Waals surface area contributed by atoms with Gasteiger partial charge in [-0.2, -0.15) is 13.9 Å². The topological polar surface area (TPSA) is 72.4 Å². The van der Waals surface area contributed by atoms with Crippen LogP contribution in [0, 0.1) is 11.8 Å². The molecule has 1 aliphatic heterocycles. The van der Waals surface area contributed by atoms with Crippen LogP contribution in [0.5, 0.6) is 5.75 Å². The van der Waals surface area contributed by atoms with Crippen molar-refractivity contribution in [1.29, 1.82) is 0 Å². The van der Waals surface area contributed by atoms with Crippen molar-refractivity contribution >= 4 is 5.82 Å². The van der Waals surface area contributed by atoms with E-state index in [1.165, 1.54) is 18.0 Å². The SMILES string of the molecule is CC(C)n1nc(-c2cnc(N)c(OC(F)F)c2)cc1[C@H]1[C@@H]2CC(N3CCN(CC(F)F)CC3)C[C@@H]21. The van der Waals surface area contributed by atoms with E-state index in [-0.39, 0.29) is 24.2 Å². The molecule has 2 saturated carbocycles. The summed E-state index contributed by atoms with van der Waals surface area (Å²) >= 11 is 0.